The Morgan fingerprint density at radius 1 is 1.16 bits per heavy atom. The summed E-state index contributed by atoms with van der Waals surface area (Å²) in [6.07, 6.45) is 9.93. The molecule has 6 rings (SSSR count). The Hall–Kier alpha value is -5.21. The molecule has 1 amide bonds. The van der Waals surface area contributed by atoms with Crippen LogP contribution in [-0.2, 0) is 29.0 Å². The molecule has 0 bridgehead atoms. The fourth-order valence-electron chi connectivity index (χ4n) is 4.92. The van der Waals surface area contributed by atoms with E-state index in [-0.39, 0.29) is 42.5 Å². The van der Waals surface area contributed by atoms with Gasteiger partial charge >= 0.3 is 5.97 Å². The smallest absolute Gasteiger partial charge is 0.306 e. The SMILES string of the molecule is CCOC(=O)CCc1cc(C2CC2)cn2cc(Cn3cc(C(=O)NCc4c(-n5cnnn5)ccc(OC)c4F)nn3)nc12. The van der Waals surface area contributed by atoms with Gasteiger partial charge in [-0.1, -0.05) is 11.3 Å². The fourth-order valence-corrected chi connectivity index (χ4v) is 4.92. The van der Waals surface area contributed by atoms with Crippen LogP contribution in [0.25, 0.3) is 11.3 Å². The average molecular weight is 589 g/mol. The predicted molar refractivity (Wildman–Crippen MR) is 148 cm³/mol. The highest BCUT2D eigenvalue weighted by Gasteiger charge is 2.25. The zero-order chi connectivity index (χ0) is 29.9. The second kappa shape index (κ2) is 12.0. The van der Waals surface area contributed by atoms with Crippen LogP contribution in [0, 0.1) is 5.82 Å². The van der Waals surface area contributed by atoms with Crippen molar-refractivity contribution in [3.05, 3.63) is 77.0 Å². The zero-order valence-corrected chi connectivity index (χ0v) is 23.6. The van der Waals surface area contributed by atoms with Gasteiger partial charge < -0.3 is 19.2 Å². The third-order valence-corrected chi connectivity index (χ3v) is 7.17. The largest absolute Gasteiger partial charge is 0.494 e. The van der Waals surface area contributed by atoms with Gasteiger partial charge in [-0.25, -0.2) is 18.7 Å². The first kappa shape index (κ1) is 27.9. The van der Waals surface area contributed by atoms with E-state index in [0.717, 1.165) is 24.1 Å². The monoisotopic (exact) mass is 588 g/mol. The average Bonchev–Trinajstić information content (AvgIpc) is 3.34. The number of aromatic nitrogens is 9. The maximum atomic E-state index is 15.1. The van der Waals surface area contributed by atoms with E-state index in [1.807, 2.05) is 10.6 Å². The maximum absolute atomic E-state index is 15.1. The number of hydrogen-bond donors (Lipinski definition) is 1. The van der Waals surface area contributed by atoms with Gasteiger partial charge in [0.15, 0.2) is 17.3 Å². The summed E-state index contributed by atoms with van der Waals surface area (Å²) in [6.45, 7) is 2.24. The lowest BCUT2D eigenvalue weighted by Gasteiger charge is -2.13. The Morgan fingerprint density at radius 2 is 2.02 bits per heavy atom. The third kappa shape index (κ3) is 6.05. The van der Waals surface area contributed by atoms with Crippen LogP contribution in [0.2, 0.25) is 0 Å². The number of tetrazole rings is 1. The summed E-state index contributed by atoms with van der Waals surface area (Å²) in [5.74, 6) is -0.868. The van der Waals surface area contributed by atoms with Crippen molar-refractivity contribution >= 4 is 17.5 Å². The van der Waals surface area contributed by atoms with Gasteiger partial charge in [-0.15, -0.1) is 10.2 Å². The summed E-state index contributed by atoms with van der Waals surface area (Å²) in [4.78, 5) is 29.7. The van der Waals surface area contributed by atoms with Crippen LogP contribution in [0.15, 0.2) is 43.1 Å². The third-order valence-electron chi connectivity index (χ3n) is 7.17. The number of esters is 1. The number of nitrogens with one attached hydrogen (secondary N) is 1. The van der Waals surface area contributed by atoms with E-state index in [0.29, 0.717) is 30.3 Å². The molecule has 1 aromatic carbocycles. The number of carbonyl (C=O) groups excluding carboxylic acids is 2. The molecule has 1 aliphatic rings. The van der Waals surface area contributed by atoms with Gasteiger partial charge in [0.1, 0.15) is 12.0 Å². The molecule has 1 aliphatic carbocycles. The summed E-state index contributed by atoms with van der Waals surface area (Å²) in [5, 5.41) is 21.8. The van der Waals surface area contributed by atoms with Crippen molar-refractivity contribution in [2.75, 3.05) is 13.7 Å². The van der Waals surface area contributed by atoms with Crippen LogP contribution in [0.1, 0.15) is 65.0 Å². The van der Waals surface area contributed by atoms with E-state index in [4.69, 9.17) is 14.5 Å². The Morgan fingerprint density at radius 3 is 2.77 bits per heavy atom. The molecule has 43 heavy (non-hydrogen) atoms. The summed E-state index contributed by atoms with van der Waals surface area (Å²) < 4.78 is 30.1. The van der Waals surface area contributed by atoms with Crippen molar-refractivity contribution in [2.45, 2.75) is 51.6 Å². The van der Waals surface area contributed by atoms with E-state index in [1.54, 1.807) is 13.0 Å². The number of amides is 1. The number of benzene rings is 1. The molecule has 0 aliphatic heterocycles. The normalized spacial score (nSPS) is 12.9. The summed E-state index contributed by atoms with van der Waals surface area (Å²) in [6, 6.07) is 5.19. The van der Waals surface area contributed by atoms with E-state index >= 15 is 4.39 Å². The predicted octanol–water partition coefficient (Wildman–Crippen LogP) is 2.40. The van der Waals surface area contributed by atoms with Crippen LogP contribution in [0.3, 0.4) is 0 Å². The van der Waals surface area contributed by atoms with Gasteiger partial charge in [0.2, 0.25) is 0 Å². The Kier molecular flexibility index (Phi) is 7.77. The summed E-state index contributed by atoms with van der Waals surface area (Å²) >= 11 is 0. The Labute approximate surface area is 244 Å². The van der Waals surface area contributed by atoms with Crippen molar-refractivity contribution in [3.8, 4) is 11.4 Å². The number of hydrogen-bond acceptors (Lipinski definition) is 10. The number of ether oxygens (including phenoxy) is 2. The molecule has 0 radical (unpaired) electrons. The number of fused-ring (bicyclic) bond motifs is 1. The van der Waals surface area contributed by atoms with Crippen LogP contribution in [0.4, 0.5) is 4.39 Å². The number of carbonyl (C=O) groups is 2. The minimum atomic E-state index is -0.641. The van der Waals surface area contributed by atoms with Crippen molar-refractivity contribution in [1.29, 1.82) is 0 Å². The lowest BCUT2D eigenvalue weighted by Crippen LogP contribution is -2.25. The van der Waals surface area contributed by atoms with Crippen molar-refractivity contribution < 1.29 is 23.5 Å². The van der Waals surface area contributed by atoms with E-state index < -0.39 is 11.7 Å². The maximum Gasteiger partial charge on any atom is 0.306 e. The molecular weight excluding hydrogens is 559 g/mol. The number of pyridine rings is 1. The molecule has 4 heterocycles. The van der Waals surface area contributed by atoms with Crippen LogP contribution in [-0.4, -0.2) is 70.2 Å². The molecule has 0 atom stereocenters. The molecule has 1 saturated carbocycles. The number of halogens is 1. The first-order valence-corrected chi connectivity index (χ1v) is 13.9. The summed E-state index contributed by atoms with van der Waals surface area (Å²) in [7, 11) is 1.36. The lowest BCUT2D eigenvalue weighted by molar-refractivity contribution is -0.143. The molecule has 4 aromatic heterocycles. The second-order valence-corrected chi connectivity index (χ2v) is 10.2. The zero-order valence-electron chi connectivity index (χ0n) is 23.6. The molecule has 5 aromatic rings. The van der Waals surface area contributed by atoms with Gasteiger partial charge in [0, 0.05) is 30.9 Å². The molecule has 14 nitrogen and oxygen atoms in total. The summed E-state index contributed by atoms with van der Waals surface area (Å²) in [5.41, 5.74) is 4.24. The van der Waals surface area contributed by atoms with Gasteiger partial charge in [-0.2, -0.15) is 0 Å². The topological polar surface area (TPSA) is 156 Å². The number of nitrogens with zero attached hydrogens (tertiary/aromatic N) is 9. The van der Waals surface area contributed by atoms with E-state index in [2.05, 4.69) is 43.4 Å². The van der Waals surface area contributed by atoms with Crippen molar-refractivity contribution in [2.24, 2.45) is 0 Å². The lowest BCUT2D eigenvalue weighted by atomic mass is 10.1. The van der Waals surface area contributed by atoms with Crippen molar-refractivity contribution in [3.63, 3.8) is 0 Å². The van der Waals surface area contributed by atoms with Gasteiger partial charge in [-0.3, -0.25) is 9.59 Å². The first-order valence-electron chi connectivity index (χ1n) is 13.9. The van der Waals surface area contributed by atoms with Crippen LogP contribution in [0.5, 0.6) is 5.75 Å². The van der Waals surface area contributed by atoms with Gasteiger partial charge in [0.05, 0.1) is 37.8 Å². The van der Waals surface area contributed by atoms with E-state index in [1.165, 1.54) is 40.6 Å². The first-order chi connectivity index (χ1) is 20.9. The standard InChI is InChI=1S/C28H29FN10O4/c1-3-43-25(40)9-6-18-10-19(17-4-5-17)12-37-13-20(32-27(18)37)14-38-15-22(33-35-38)28(41)30-11-21-23(39-16-31-34-36-39)7-8-24(42-2)26(21)29/h7-8,10,12-13,15-17H,3-6,9,11,14H2,1-2H3,(H,30,41). The Balaban J connectivity index is 1.17. The Bertz CT molecular complexity index is 1780. The quantitative estimate of drug-likeness (QED) is 0.215. The highest BCUT2D eigenvalue weighted by atomic mass is 19.1. The van der Waals surface area contributed by atoms with Crippen molar-refractivity contribution in [1.82, 2.24) is 49.9 Å². The molecule has 0 spiro atoms. The number of rotatable bonds is 12. The molecule has 222 valence electrons. The minimum absolute atomic E-state index is 0.0211. The molecule has 0 unspecified atom stereocenters. The van der Waals surface area contributed by atoms with Gasteiger partial charge in [0.25, 0.3) is 5.91 Å². The number of methoxy groups -OCH3 is 1. The highest BCUT2D eigenvalue weighted by molar-refractivity contribution is 5.91. The van der Waals surface area contributed by atoms with E-state index in [9.17, 15) is 9.59 Å². The fraction of sp³-hybridized carbons (Fsp3) is 0.357. The number of imidazole rings is 1. The number of aryl methyl sites for hydroxylation is 1. The van der Waals surface area contributed by atoms with Gasteiger partial charge in [-0.05, 0) is 65.8 Å². The molecule has 0 saturated heterocycles. The molecular formula is C28H29FN10O4. The van der Waals surface area contributed by atoms with Crippen LogP contribution >= 0.6 is 0 Å². The highest BCUT2D eigenvalue weighted by Crippen LogP contribution is 2.40. The molecule has 1 N–H and O–H groups in total. The molecule has 15 heteroatoms. The second-order valence-electron chi connectivity index (χ2n) is 10.2. The molecule has 1 fully saturated rings. The minimum Gasteiger partial charge on any atom is -0.494 e. The van der Waals surface area contributed by atoms with Crippen LogP contribution < -0.4 is 10.1 Å².